The summed E-state index contributed by atoms with van der Waals surface area (Å²) in [5.74, 6) is -0.256. The number of cyclic esters (lactones) is 1. The smallest absolute Gasteiger partial charge is 0.347 e. The second-order valence-electron chi connectivity index (χ2n) is 6.44. The zero-order chi connectivity index (χ0) is 17.3. The van der Waals surface area contributed by atoms with E-state index in [0.717, 1.165) is 18.9 Å². The lowest BCUT2D eigenvalue weighted by Crippen LogP contribution is -2.45. The number of esters is 2. The molecule has 0 spiro atoms. The van der Waals surface area contributed by atoms with Gasteiger partial charge in [0.05, 0.1) is 17.8 Å². The summed E-state index contributed by atoms with van der Waals surface area (Å²) in [4.78, 5) is 30.2. The van der Waals surface area contributed by atoms with Crippen molar-refractivity contribution in [3.05, 3.63) is 23.9 Å². The Kier molecular flexibility index (Phi) is 4.71. The molecule has 3 heterocycles. The first kappa shape index (κ1) is 16.7. The van der Waals surface area contributed by atoms with Gasteiger partial charge in [-0.1, -0.05) is 0 Å². The van der Waals surface area contributed by atoms with Gasteiger partial charge >= 0.3 is 11.9 Å². The Morgan fingerprint density at radius 1 is 1.21 bits per heavy atom. The number of rotatable bonds is 3. The highest BCUT2D eigenvalue weighted by atomic mass is 16.6. The third-order valence-corrected chi connectivity index (χ3v) is 4.10. The lowest BCUT2D eigenvalue weighted by molar-refractivity contribution is -0.147. The standard InChI is InChI=1S/C17H22N2O5/c1-10-6-14(17(21)23-10)24-16(20)13-4-5-15(18-7-13)19-8-11(2)22-12(3)9-19/h4-5,7,10-12,14H,6,8-9H2,1-3H3/t10-,11-,12+,14+/m1/s1. The van der Waals surface area contributed by atoms with Crippen LogP contribution in [0, 0.1) is 0 Å². The normalized spacial score (nSPS) is 30.1. The van der Waals surface area contributed by atoms with Gasteiger partial charge in [-0.3, -0.25) is 0 Å². The minimum absolute atomic E-state index is 0.135. The van der Waals surface area contributed by atoms with Gasteiger partial charge in [0.25, 0.3) is 0 Å². The number of carbonyl (C=O) groups is 2. The van der Waals surface area contributed by atoms with E-state index in [9.17, 15) is 9.59 Å². The van der Waals surface area contributed by atoms with E-state index >= 15 is 0 Å². The van der Waals surface area contributed by atoms with Gasteiger partial charge in [-0.15, -0.1) is 0 Å². The van der Waals surface area contributed by atoms with Gasteiger partial charge in [0.2, 0.25) is 6.10 Å². The Balaban J connectivity index is 1.63. The second kappa shape index (κ2) is 6.76. The van der Waals surface area contributed by atoms with Crippen LogP contribution in [0.15, 0.2) is 18.3 Å². The van der Waals surface area contributed by atoms with Crippen molar-refractivity contribution in [2.75, 3.05) is 18.0 Å². The number of hydrogen-bond donors (Lipinski definition) is 0. The molecule has 0 radical (unpaired) electrons. The molecule has 0 aromatic carbocycles. The van der Waals surface area contributed by atoms with Gasteiger partial charge in [-0.25, -0.2) is 14.6 Å². The summed E-state index contributed by atoms with van der Waals surface area (Å²) in [5, 5.41) is 0. The number of hydrogen-bond acceptors (Lipinski definition) is 7. The van der Waals surface area contributed by atoms with Gasteiger partial charge < -0.3 is 19.1 Å². The Labute approximate surface area is 140 Å². The molecule has 7 nitrogen and oxygen atoms in total. The maximum Gasteiger partial charge on any atom is 0.347 e. The first-order valence-corrected chi connectivity index (χ1v) is 8.20. The fourth-order valence-corrected chi connectivity index (χ4v) is 3.07. The fourth-order valence-electron chi connectivity index (χ4n) is 3.07. The maximum atomic E-state index is 12.1. The maximum absolute atomic E-state index is 12.1. The van der Waals surface area contributed by atoms with E-state index in [0.29, 0.717) is 12.0 Å². The first-order chi connectivity index (χ1) is 11.4. The highest BCUT2D eigenvalue weighted by molar-refractivity contribution is 5.91. The van der Waals surface area contributed by atoms with Crippen LogP contribution in [0.4, 0.5) is 5.82 Å². The summed E-state index contributed by atoms with van der Waals surface area (Å²) in [6.07, 6.45) is 1.09. The van der Waals surface area contributed by atoms with Gasteiger partial charge in [0.15, 0.2) is 0 Å². The number of pyridine rings is 1. The molecule has 0 amide bonds. The molecule has 7 heteroatoms. The monoisotopic (exact) mass is 334 g/mol. The highest BCUT2D eigenvalue weighted by Crippen LogP contribution is 2.21. The summed E-state index contributed by atoms with van der Waals surface area (Å²) < 4.78 is 15.9. The number of anilines is 1. The molecule has 0 saturated carbocycles. The van der Waals surface area contributed by atoms with E-state index in [-0.39, 0.29) is 18.3 Å². The van der Waals surface area contributed by atoms with Crippen LogP contribution in [-0.2, 0) is 19.0 Å². The third kappa shape index (κ3) is 3.67. The van der Waals surface area contributed by atoms with E-state index in [4.69, 9.17) is 14.2 Å². The largest absolute Gasteiger partial charge is 0.460 e. The molecule has 0 N–H and O–H groups in total. The molecule has 1 aromatic heterocycles. The van der Waals surface area contributed by atoms with Crippen molar-refractivity contribution in [2.45, 2.75) is 51.6 Å². The van der Waals surface area contributed by atoms with Crippen molar-refractivity contribution >= 4 is 17.8 Å². The van der Waals surface area contributed by atoms with Crippen LogP contribution >= 0.6 is 0 Å². The second-order valence-corrected chi connectivity index (χ2v) is 6.44. The van der Waals surface area contributed by atoms with E-state index in [1.165, 1.54) is 6.20 Å². The van der Waals surface area contributed by atoms with Gasteiger partial charge in [-0.2, -0.15) is 0 Å². The minimum atomic E-state index is -0.826. The molecule has 24 heavy (non-hydrogen) atoms. The number of nitrogens with zero attached hydrogens (tertiary/aromatic N) is 2. The molecule has 4 atom stereocenters. The Morgan fingerprint density at radius 3 is 2.46 bits per heavy atom. The fraction of sp³-hybridized carbons (Fsp3) is 0.588. The van der Waals surface area contributed by atoms with Crippen molar-refractivity contribution in [3.63, 3.8) is 0 Å². The molecule has 2 aliphatic heterocycles. The first-order valence-electron chi connectivity index (χ1n) is 8.20. The van der Waals surface area contributed by atoms with Crippen LogP contribution in [0.3, 0.4) is 0 Å². The molecule has 0 unspecified atom stereocenters. The Morgan fingerprint density at radius 2 is 1.92 bits per heavy atom. The van der Waals surface area contributed by atoms with Crippen molar-refractivity contribution < 1.29 is 23.8 Å². The lowest BCUT2D eigenvalue weighted by atomic mass is 10.2. The van der Waals surface area contributed by atoms with E-state index in [2.05, 4.69) is 9.88 Å². The van der Waals surface area contributed by atoms with Gasteiger partial charge in [-0.05, 0) is 32.9 Å². The lowest BCUT2D eigenvalue weighted by Gasteiger charge is -2.36. The summed E-state index contributed by atoms with van der Waals surface area (Å²) in [6, 6.07) is 3.45. The van der Waals surface area contributed by atoms with Crippen LogP contribution in [0.25, 0.3) is 0 Å². The third-order valence-electron chi connectivity index (χ3n) is 4.10. The summed E-state index contributed by atoms with van der Waals surface area (Å²) in [7, 11) is 0. The van der Waals surface area contributed by atoms with E-state index < -0.39 is 18.0 Å². The van der Waals surface area contributed by atoms with E-state index in [1.807, 2.05) is 13.8 Å². The molecule has 1 aromatic rings. The van der Waals surface area contributed by atoms with Crippen LogP contribution in [0.5, 0.6) is 0 Å². The van der Waals surface area contributed by atoms with Crippen molar-refractivity contribution in [1.82, 2.24) is 4.98 Å². The topological polar surface area (TPSA) is 78.0 Å². The quantitative estimate of drug-likeness (QED) is 0.776. The average Bonchev–Trinajstić information content (AvgIpc) is 2.84. The molecule has 2 aliphatic rings. The van der Waals surface area contributed by atoms with Crippen LogP contribution in [0.2, 0.25) is 0 Å². The van der Waals surface area contributed by atoms with Crippen LogP contribution < -0.4 is 4.90 Å². The summed E-state index contributed by atoms with van der Waals surface area (Å²) >= 11 is 0. The highest BCUT2D eigenvalue weighted by Gasteiger charge is 2.35. The predicted octanol–water partition coefficient (Wildman–Crippen LogP) is 1.56. The Bertz CT molecular complexity index is 608. The molecule has 130 valence electrons. The van der Waals surface area contributed by atoms with Crippen LogP contribution in [0.1, 0.15) is 37.6 Å². The van der Waals surface area contributed by atoms with Gasteiger partial charge in [0.1, 0.15) is 11.9 Å². The number of ether oxygens (including phenoxy) is 3. The Hall–Kier alpha value is -2.15. The van der Waals surface area contributed by atoms with E-state index in [1.54, 1.807) is 19.1 Å². The SMILES string of the molecule is C[C@@H]1C[C@H](OC(=O)c2ccc(N3C[C@@H](C)O[C@@H](C)C3)nc2)C(=O)O1. The van der Waals surface area contributed by atoms with Crippen molar-refractivity contribution in [1.29, 1.82) is 0 Å². The molecule has 2 fully saturated rings. The van der Waals surface area contributed by atoms with Crippen molar-refractivity contribution in [3.8, 4) is 0 Å². The molecular weight excluding hydrogens is 312 g/mol. The van der Waals surface area contributed by atoms with Crippen molar-refractivity contribution in [2.24, 2.45) is 0 Å². The minimum Gasteiger partial charge on any atom is -0.460 e. The molecular formula is C17H22N2O5. The zero-order valence-electron chi connectivity index (χ0n) is 14.1. The summed E-state index contributed by atoms with van der Waals surface area (Å²) in [5.41, 5.74) is 0.320. The molecule has 2 saturated heterocycles. The molecule has 3 rings (SSSR count). The molecule has 0 bridgehead atoms. The summed E-state index contributed by atoms with van der Waals surface area (Å²) in [6.45, 7) is 7.33. The van der Waals surface area contributed by atoms with Crippen LogP contribution in [-0.4, -0.2) is 54.4 Å². The number of morpholine rings is 1. The van der Waals surface area contributed by atoms with Gasteiger partial charge in [0, 0.05) is 25.7 Å². The zero-order valence-corrected chi connectivity index (χ0v) is 14.1. The number of aromatic nitrogens is 1. The predicted molar refractivity (Wildman–Crippen MR) is 85.8 cm³/mol. The average molecular weight is 334 g/mol. The molecule has 0 aliphatic carbocycles. The number of carbonyl (C=O) groups excluding carboxylic acids is 2.